The minimum absolute atomic E-state index is 0.00334. The van der Waals surface area contributed by atoms with Crippen molar-refractivity contribution in [3.05, 3.63) is 84.7 Å². The maximum absolute atomic E-state index is 14.0. The van der Waals surface area contributed by atoms with Gasteiger partial charge in [0.15, 0.2) is 0 Å². The summed E-state index contributed by atoms with van der Waals surface area (Å²) in [5, 5.41) is 19.4. The minimum atomic E-state index is -0.891. The number of hydrogen-bond donors (Lipinski definition) is 2. The van der Waals surface area contributed by atoms with Gasteiger partial charge in [-0.15, -0.1) is 0 Å². The van der Waals surface area contributed by atoms with Gasteiger partial charge in [-0.1, -0.05) is 43.3 Å². The molecule has 0 fully saturated rings. The quantitative estimate of drug-likeness (QED) is 0.440. The number of imidazole rings is 1. The maximum Gasteiger partial charge on any atom is 0.303 e. The van der Waals surface area contributed by atoms with Crippen LogP contribution < -0.4 is 0 Å². The molecular formula is C27H27FN4O3. The van der Waals surface area contributed by atoms with E-state index < -0.39 is 12.1 Å². The van der Waals surface area contributed by atoms with Crippen LogP contribution >= 0.6 is 0 Å². The minimum Gasteiger partial charge on any atom is -0.481 e. The van der Waals surface area contributed by atoms with Crippen molar-refractivity contribution in [3.63, 3.8) is 0 Å². The van der Waals surface area contributed by atoms with Gasteiger partial charge in [0.25, 0.3) is 0 Å². The highest BCUT2D eigenvalue weighted by molar-refractivity contribution is 5.70. The lowest BCUT2D eigenvalue weighted by Gasteiger charge is -2.23. The second-order valence-electron chi connectivity index (χ2n) is 8.49. The lowest BCUT2D eigenvalue weighted by atomic mass is 9.85. The van der Waals surface area contributed by atoms with Gasteiger partial charge in [0.2, 0.25) is 0 Å². The van der Waals surface area contributed by atoms with Gasteiger partial charge in [0, 0.05) is 30.3 Å². The van der Waals surface area contributed by atoms with Crippen molar-refractivity contribution in [2.45, 2.75) is 38.2 Å². The van der Waals surface area contributed by atoms with Crippen LogP contribution in [0.5, 0.6) is 0 Å². The van der Waals surface area contributed by atoms with Crippen LogP contribution in [0.15, 0.2) is 79.1 Å². The Balaban J connectivity index is 1.84. The van der Waals surface area contributed by atoms with Crippen LogP contribution in [-0.4, -0.2) is 41.8 Å². The zero-order chi connectivity index (χ0) is 24.8. The number of halogens is 1. The summed E-state index contributed by atoms with van der Waals surface area (Å²) in [7, 11) is 0. The number of aliphatic hydroxyl groups is 1. The number of allylic oxidation sites excluding steroid dienone is 4. The average molecular weight is 475 g/mol. The van der Waals surface area contributed by atoms with Crippen molar-refractivity contribution in [2.75, 3.05) is 0 Å². The van der Waals surface area contributed by atoms with E-state index in [1.54, 1.807) is 30.6 Å². The number of aliphatic carboxylic acids is 1. The number of rotatable bonds is 9. The monoisotopic (exact) mass is 474 g/mol. The highest BCUT2D eigenvalue weighted by atomic mass is 19.1. The molecule has 4 rings (SSSR count). The Hall–Kier alpha value is -3.91. The summed E-state index contributed by atoms with van der Waals surface area (Å²) >= 11 is 0. The third-order valence-electron chi connectivity index (χ3n) is 5.92. The SMILES string of the molecule is CC1C=C(F)C=CC1c1c(-c2ccncn2)nc(-c2ccccc2)n1/C=C/C(O)CCCC(=O)O. The molecule has 0 radical (unpaired) electrons. The van der Waals surface area contributed by atoms with Crippen LogP contribution in [-0.2, 0) is 4.79 Å². The zero-order valence-electron chi connectivity index (χ0n) is 19.3. The summed E-state index contributed by atoms with van der Waals surface area (Å²) in [6.45, 7) is 1.95. The number of aromatic nitrogens is 4. The number of nitrogens with zero attached hydrogens (tertiary/aromatic N) is 4. The van der Waals surface area contributed by atoms with E-state index in [1.807, 2.05) is 47.9 Å². The zero-order valence-corrected chi connectivity index (χ0v) is 19.3. The van der Waals surface area contributed by atoms with Crippen molar-refractivity contribution in [1.29, 1.82) is 0 Å². The van der Waals surface area contributed by atoms with E-state index in [1.165, 1.54) is 12.4 Å². The van der Waals surface area contributed by atoms with Crippen LogP contribution in [0.2, 0.25) is 0 Å². The summed E-state index contributed by atoms with van der Waals surface area (Å²) in [5.74, 6) is -0.862. The lowest BCUT2D eigenvalue weighted by Crippen LogP contribution is -2.14. The molecule has 3 atom stereocenters. The second kappa shape index (κ2) is 11.0. The Kier molecular flexibility index (Phi) is 7.62. The average Bonchev–Trinajstić information content (AvgIpc) is 3.23. The van der Waals surface area contributed by atoms with Crippen LogP contribution in [0.25, 0.3) is 29.0 Å². The van der Waals surface area contributed by atoms with E-state index in [-0.39, 0.29) is 24.1 Å². The van der Waals surface area contributed by atoms with E-state index in [2.05, 4.69) is 9.97 Å². The van der Waals surface area contributed by atoms with Gasteiger partial charge < -0.3 is 14.8 Å². The molecule has 2 aromatic heterocycles. The van der Waals surface area contributed by atoms with Crippen molar-refractivity contribution >= 4 is 12.2 Å². The number of hydrogen-bond acceptors (Lipinski definition) is 5. The lowest BCUT2D eigenvalue weighted by molar-refractivity contribution is -0.137. The summed E-state index contributed by atoms with van der Waals surface area (Å²) < 4.78 is 15.9. The molecule has 2 heterocycles. The summed E-state index contributed by atoms with van der Waals surface area (Å²) in [5.41, 5.74) is 2.96. The Labute approximate surface area is 203 Å². The van der Waals surface area contributed by atoms with E-state index in [4.69, 9.17) is 10.1 Å². The Morgan fingerprint density at radius 3 is 2.74 bits per heavy atom. The molecule has 180 valence electrons. The molecule has 3 aromatic rings. The van der Waals surface area contributed by atoms with E-state index in [0.717, 1.165) is 11.3 Å². The molecule has 0 aliphatic heterocycles. The number of benzene rings is 1. The molecule has 0 saturated carbocycles. The number of carbonyl (C=O) groups is 1. The number of carboxylic acid groups (broad SMARTS) is 1. The standard InChI is InChI=1S/C27H27FN4O3/c1-18-16-20(28)10-11-22(18)26-25(23-12-14-29-17-30-23)31-27(19-6-3-2-4-7-19)32(26)15-13-21(33)8-5-9-24(34)35/h2-4,6-7,10-18,21-22,33H,5,8-9H2,1H3,(H,34,35)/b15-13+. The normalized spacial score (nSPS) is 18.5. The van der Waals surface area contributed by atoms with Gasteiger partial charge in [-0.05, 0) is 43.1 Å². The number of carboxylic acids is 1. The topological polar surface area (TPSA) is 101 Å². The fourth-order valence-corrected chi connectivity index (χ4v) is 4.19. The van der Waals surface area contributed by atoms with Crippen molar-refractivity contribution < 1.29 is 19.4 Å². The first-order valence-corrected chi connectivity index (χ1v) is 11.5. The summed E-state index contributed by atoms with van der Waals surface area (Å²) in [4.78, 5) is 24.2. The summed E-state index contributed by atoms with van der Waals surface area (Å²) in [6, 6.07) is 11.4. The predicted octanol–water partition coefficient (Wildman–Crippen LogP) is 5.24. The molecule has 3 unspecified atom stereocenters. The van der Waals surface area contributed by atoms with Crippen LogP contribution in [0.3, 0.4) is 0 Å². The van der Waals surface area contributed by atoms with Gasteiger partial charge in [0.1, 0.15) is 23.7 Å². The van der Waals surface area contributed by atoms with Crippen LogP contribution in [0.4, 0.5) is 4.39 Å². The Bertz CT molecular complexity index is 1250. The van der Waals surface area contributed by atoms with Crippen LogP contribution in [0, 0.1) is 5.92 Å². The fourth-order valence-electron chi connectivity index (χ4n) is 4.19. The molecule has 35 heavy (non-hydrogen) atoms. The predicted molar refractivity (Wildman–Crippen MR) is 132 cm³/mol. The fraction of sp³-hybridized carbons (Fsp3) is 0.259. The van der Waals surface area contributed by atoms with Crippen molar-refractivity contribution in [1.82, 2.24) is 19.5 Å². The smallest absolute Gasteiger partial charge is 0.303 e. The molecular weight excluding hydrogens is 447 g/mol. The molecule has 1 aromatic carbocycles. The van der Waals surface area contributed by atoms with Gasteiger partial charge in [-0.3, -0.25) is 4.79 Å². The van der Waals surface area contributed by atoms with Crippen LogP contribution in [0.1, 0.15) is 37.8 Å². The highest BCUT2D eigenvalue weighted by Gasteiger charge is 2.29. The molecule has 7 nitrogen and oxygen atoms in total. The van der Waals surface area contributed by atoms with Crippen molar-refractivity contribution in [3.8, 4) is 22.8 Å². The third-order valence-corrected chi connectivity index (χ3v) is 5.92. The van der Waals surface area contributed by atoms with Crippen molar-refractivity contribution in [2.24, 2.45) is 5.92 Å². The van der Waals surface area contributed by atoms with E-state index in [0.29, 0.717) is 30.1 Å². The largest absolute Gasteiger partial charge is 0.481 e. The number of aliphatic hydroxyl groups excluding tert-OH is 1. The molecule has 1 aliphatic rings. The first-order valence-electron chi connectivity index (χ1n) is 11.5. The summed E-state index contributed by atoms with van der Waals surface area (Å²) in [6.07, 6.45) is 11.2. The second-order valence-corrected chi connectivity index (χ2v) is 8.49. The molecule has 1 aliphatic carbocycles. The first-order chi connectivity index (χ1) is 16.9. The first kappa shape index (κ1) is 24.2. The molecule has 2 N–H and O–H groups in total. The third kappa shape index (κ3) is 5.78. The molecule has 0 spiro atoms. The molecule has 8 heteroatoms. The molecule has 0 amide bonds. The molecule has 0 saturated heterocycles. The Morgan fingerprint density at radius 1 is 1.26 bits per heavy atom. The highest BCUT2D eigenvalue weighted by Crippen LogP contribution is 2.40. The van der Waals surface area contributed by atoms with E-state index >= 15 is 0 Å². The van der Waals surface area contributed by atoms with Gasteiger partial charge >= 0.3 is 5.97 Å². The molecule has 0 bridgehead atoms. The van der Waals surface area contributed by atoms with E-state index in [9.17, 15) is 14.3 Å². The Morgan fingerprint density at radius 2 is 2.06 bits per heavy atom. The van der Waals surface area contributed by atoms with Gasteiger partial charge in [0.05, 0.1) is 17.5 Å². The maximum atomic E-state index is 14.0. The van der Waals surface area contributed by atoms with Gasteiger partial charge in [-0.25, -0.2) is 19.3 Å². The van der Waals surface area contributed by atoms with Gasteiger partial charge in [-0.2, -0.15) is 0 Å².